The number of nitrogens with two attached hydrogens (primary N) is 1. The molecule has 0 radical (unpaired) electrons. The molecule has 88 valence electrons. The van der Waals surface area contributed by atoms with Crippen LogP contribution >= 0.6 is 0 Å². The van der Waals surface area contributed by atoms with Crippen LogP contribution in [0.1, 0.15) is 23.4 Å². The molecule has 16 heavy (non-hydrogen) atoms. The van der Waals surface area contributed by atoms with Crippen molar-refractivity contribution in [1.82, 2.24) is 15.5 Å². The number of hydrogen-bond donors (Lipinski definition) is 2. The van der Waals surface area contributed by atoms with Crippen molar-refractivity contribution < 1.29 is 18.8 Å². The smallest absolute Gasteiger partial charge is 0.379 e. The summed E-state index contributed by atoms with van der Waals surface area (Å²) in [7, 11) is 0. The third kappa shape index (κ3) is 3.65. The first kappa shape index (κ1) is 12.1. The summed E-state index contributed by atoms with van der Waals surface area (Å²) in [6.07, 6.45) is 0. The first-order valence-corrected chi connectivity index (χ1v) is 4.62. The van der Waals surface area contributed by atoms with E-state index >= 15 is 0 Å². The lowest BCUT2D eigenvalue weighted by molar-refractivity contribution is -0.117. The predicted molar refractivity (Wildman–Crippen MR) is 51.2 cm³/mol. The second-order valence-electron chi connectivity index (χ2n) is 2.80. The Labute approximate surface area is 91.1 Å². The maximum Gasteiger partial charge on any atom is 0.379 e. The molecule has 0 saturated heterocycles. The molecule has 8 nitrogen and oxygen atoms in total. The molecule has 1 heterocycles. The Morgan fingerprint density at radius 1 is 1.56 bits per heavy atom. The topological polar surface area (TPSA) is 120 Å². The Balaban J connectivity index is 2.45. The molecule has 0 aliphatic rings. The standard InChI is InChI=1S/C8H12N4O4/c1-2-15-8(14)7-11-6(16-12-7)4-10-3-5(9)13/h10H,2-4H2,1H3,(H2,9,13). The van der Waals surface area contributed by atoms with Crippen LogP contribution < -0.4 is 11.1 Å². The van der Waals surface area contributed by atoms with Gasteiger partial charge in [-0.1, -0.05) is 0 Å². The summed E-state index contributed by atoms with van der Waals surface area (Å²) >= 11 is 0. The molecular weight excluding hydrogens is 216 g/mol. The molecule has 0 fully saturated rings. The van der Waals surface area contributed by atoms with Gasteiger partial charge in [-0.3, -0.25) is 10.1 Å². The molecule has 1 aromatic rings. The Morgan fingerprint density at radius 3 is 2.94 bits per heavy atom. The highest BCUT2D eigenvalue weighted by molar-refractivity contribution is 5.84. The zero-order valence-electron chi connectivity index (χ0n) is 8.73. The molecule has 1 amide bonds. The van der Waals surface area contributed by atoms with Gasteiger partial charge in [-0.15, -0.1) is 0 Å². The summed E-state index contributed by atoms with van der Waals surface area (Å²) in [5.74, 6) is -1.10. The van der Waals surface area contributed by atoms with Gasteiger partial charge in [-0.2, -0.15) is 4.98 Å². The van der Waals surface area contributed by atoms with Crippen LogP contribution in [0.15, 0.2) is 4.52 Å². The zero-order chi connectivity index (χ0) is 12.0. The molecule has 0 unspecified atom stereocenters. The number of carbonyl (C=O) groups excluding carboxylic acids is 2. The third-order valence-electron chi connectivity index (χ3n) is 1.50. The number of carbonyl (C=O) groups is 2. The van der Waals surface area contributed by atoms with E-state index in [1.165, 1.54) is 0 Å². The highest BCUT2D eigenvalue weighted by atomic mass is 16.5. The van der Waals surface area contributed by atoms with Crippen molar-refractivity contribution in [1.29, 1.82) is 0 Å². The highest BCUT2D eigenvalue weighted by Crippen LogP contribution is 1.98. The van der Waals surface area contributed by atoms with Gasteiger partial charge >= 0.3 is 5.97 Å². The molecule has 8 heteroatoms. The Hall–Kier alpha value is -1.96. The number of nitrogens with zero attached hydrogens (tertiary/aromatic N) is 2. The van der Waals surface area contributed by atoms with Crippen LogP contribution in [0.25, 0.3) is 0 Å². The molecule has 0 aromatic carbocycles. The summed E-state index contributed by atoms with van der Waals surface area (Å²) in [6, 6.07) is 0. The van der Waals surface area contributed by atoms with Crippen LogP contribution in [0.5, 0.6) is 0 Å². The van der Waals surface area contributed by atoms with Gasteiger partial charge in [0.25, 0.3) is 5.82 Å². The second kappa shape index (κ2) is 5.81. The number of ether oxygens (including phenoxy) is 1. The van der Waals surface area contributed by atoms with E-state index in [1.807, 2.05) is 0 Å². The second-order valence-corrected chi connectivity index (χ2v) is 2.80. The fourth-order valence-corrected chi connectivity index (χ4v) is 0.898. The van der Waals surface area contributed by atoms with Crippen molar-refractivity contribution in [2.24, 2.45) is 5.73 Å². The van der Waals surface area contributed by atoms with Crippen LogP contribution in [0.4, 0.5) is 0 Å². The van der Waals surface area contributed by atoms with Gasteiger partial charge < -0.3 is 15.0 Å². The lowest BCUT2D eigenvalue weighted by atomic mass is 10.5. The van der Waals surface area contributed by atoms with Gasteiger partial charge in [-0.05, 0) is 12.1 Å². The highest BCUT2D eigenvalue weighted by Gasteiger charge is 2.15. The fourth-order valence-electron chi connectivity index (χ4n) is 0.898. The third-order valence-corrected chi connectivity index (χ3v) is 1.50. The zero-order valence-corrected chi connectivity index (χ0v) is 8.73. The summed E-state index contributed by atoms with van der Waals surface area (Å²) in [4.78, 5) is 25.3. The molecule has 0 aliphatic heterocycles. The largest absolute Gasteiger partial charge is 0.460 e. The van der Waals surface area contributed by atoms with Crippen molar-refractivity contribution in [3.8, 4) is 0 Å². The van der Waals surface area contributed by atoms with Crippen molar-refractivity contribution in [2.45, 2.75) is 13.5 Å². The molecule has 0 saturated carbocycles. The minimum absolute atomic E-state index is 0.00286. The number of amides is 1. The van der Waals surface area contributed by atoms with Crippen LogP contribution in [-0.2, 0) is 16.1 Å². The van der Waals surface area contributed by atoms with E-state index in [1.54, 1.807) is 6.92 Å². The lowest BCUT2D eigenvalue weighted by Crippen LogP contribution is -2.28. The monoisotopic (exact) mass is 228 g/mol. The van der Waals surface area contributed by atoms with E-state index in [-0.39, 0.29) is 31.4 Å². The first-order chi connectivity index (χ1) is 7.63. The minimum atomic E-state index is -0.646. The van der Waals surface area contributed by atoms with Gasteiger partial charge in [0.15, 0.2) is 0 Å². The predicted octanol–water partition coefficient (Wildman–Crippen LogP) is -1.18. The minimum Gasteiger partial charge on any atom is -0.460 e. The van der Waals surface area contributed by atoms with Crippen molar-refractivity contribution in [3.05, 3.63) is 11.7 Å². The van der Waals surface area contributed by atoms with Gasteiger partial charge in [0, 0.05) is 0 Å². The van der Waals surface area contributed by atoms with E-state index in [4.69, 9.17) is 10.3 Å². The number of hydrogen-bond acceptors (Lipinski definition) is 7. The molecular formula is C8H12N4O4. The number of nitrogens with one attached hydrogen (secondary N) is 1. The molecule has 0 aliphatic carbocycles. The van der Waals surface area contributed by atoms with Crippen LogP contribution in [0.3, 0.4) is 0 Å². The molecule has 1 aromatic heterocycles. The normalized spacial score (nSPS) is 10.1. The Morgan fingerprint density at radius 2 is 2.31 bits per heavy atom. The summed E-state index contributed by atoms with van der Waals surface area (Å²) < 4.78 is 9.40. The molecule has 0 spiro atoms. The van der Waals surface area contributed by atoms with Crippen LogP contribution in [0, 0.1) is 0 Å². The average molecular weight is 228 g/mol. The average Bonchev–Trinajstić information content (AvgIpc) is 2.66. The van der Waals surface area contributed by atoms with Crippen molar-refractivity contribution >= 4 is 11.9 Å². The molecule has 3 N–H and O–H groups in total. The van der Waals surface area contributed by atoms with Gasteiger partial charge in [-0.25, -0.2) is 4.79 Å². The molecule has 1 rings (SSSR count). The van der Waals surface area contributed by atoms with Gasteiger partial charge in [0.2, 0.25) is 11.8 Å². The maximum absolute atomic E-state index is 11.1. The Kier molecular flexibility index (Phi) is 4.40. The van der Waals surface area contributed by atoms with Crippen molar-refractivity contribution in [3.63, 3.8) is 0 Å². The summed E-state index contributed by atoms with van der Waals surface area (Å²) in [5.41, 5.74) is 4.91. The van der Waals surface area contributed by atoms with E-state index in [2.05, 4.69) is 20.2 Å². The SMILES string of the molecule is CCOC(=O)c1noc(CNCC(N)=O)n1. The van der Waals surface area contributed by atoms with Crippen LogP contribution in [0.2, 0.25) is 0 Å². The number of primary amides is 1. The fraction of sp³-hybridized carbons (Fsp3) is 0.500. The quantitative estimate of drug-likeness (QED) is 0.588. The van der Waals surface area contributed by atoms with Crippen molar-refractivity contribution in [2.75, 3.05) is 13.2 Å². The number of aromatic nitrogens is 2. The van der Waals surface area contributed by atoms with Gasteiger partial charge in [0.1, 0.15) is 0 Å². The number of esters is 1. The molecule has 0 atom stereocenters. The molecule has 0 bridgehead atoms. The number of rotatable bonds is 6. The summed E-state index contributed by atoms with van der Waals surface area (Å²) in [6.45, 7) is 2.07. The maximum atomic E-state index is 11.1. The lowest BCUT2D eigenvalue weighted by Gasteiger charge is -1.95. The van der Waals surface area contributed by atoms with E-state index < -0.39 is 11.9 Å². The van der Waals surface area contributed by atoms with E-state index in [0.717, 1.165) is 0 Å². The van der Waals surface area contributed by atoms with E-state index in [0.29, 0.717) is 0 Å². The first-order valence-electron chi connectivity index (χ1n) is 4.62. The van der Waals surface area contributed by atoms with Gasteiger partial charge in [0.05, 0.1) is 19.7 Å². The Bertz CT molecular complexity index is 376. The van der Waals surface area contributed by atoms with Crippen LogP contribution in [-0.4, -0.2) is 35.2 Å². The summed E-state index contributed by atoms with van der Waals surface area (Å²) in [5, 5.41) is 6.08. The van der Waals surface area contributed by atoms with E-state index in [9.17, 15) is 9.59 Å².